The number of methoxy groups -OCH3 is 1. The summed E-state index contributed by atoms with van der Waals surface area (Å²) < 4.78 is 5.05. The third kappa shape index (κ3) is 8.06. The number of thiocarbonyl (C=S) groups is 1. The lowest BCUT2D eigenvalue weighted by Crippen LogP contribution is -2.46. The van der Waals surface area contributed by atoms with E-state index < -0.39 is 23.1 Å². The van der Waals surface area contributed by atoms with E-state index in [9.17, 15) is 14.4 Å². The molecule has 0 aromatic heterocycles. The van der Waals surface area contributed by atoms with Crippen molar-refractivity contribution in [3.63, 3.8) is 0 Å². The topological polar surface area (TPSA) is 109 Å². The molecule has 0 fully saturated rings. The van der Waals surface area contributed by atoms with Crippen LogP contribution in [0.5, 0.6) is 5.75 Å². The zero-order valence-corrected chi connectivity index (χ0v) is 20.0. The molecule has 2 unspecified atom stereocenters. The van der Waals surface area contributed by atoms with Gasteiger partial charge >= 0.3 is 0 Å². The van der Waals surface area contributed by atoms with Crippen molar-refractivity contribution < 1.29 is 19.1 Å². The number of aldehydes is 1. The maximum Gasteiger partial charge on any atom is 0.252 e. The van der Waals surface area contributed by atoms with E-state index in [1.165, 1.54) is 7.11 Å². The van der Waals surface area contributed by atoms with Crippen LogP contribution in [-0.4, -0.2) is 42.0 Å². The van der Waals surface area contributed by atoms with E-state index in [1.54, 1.807) is 36.0 Å². The second-order valence-corrected chi connectivity index (χ2v) is 8.35. The van der Waals surface area contributed by atoms with Crippen molar-refractivity contribution in [3.8, 4) is 5.75 Å². The summed E-state index contributed by atoms with van der Waals surface area (Å²) in [5.74, 6) is -1.14. The van der Waals surface area contributed by atoms with Gasteiger partial charge in [-0.1, -0.05) is 6.07 Å². The average Bonchev–Trinajstić information content (AvgIpc) is 2.81. The van der Waals surface area contributed by atoms with Gasteiger partial charge < -0.3 is 20.2 Å². The van der Waals surface area contributed by atoms with Gasteiger partial charge in [0.15, 0.2) is 5.11 Å². The van der Waals surface area contributed by atoms with Gasteiger partial charge in [-0.15, -0.1) is 11.8 Å². The number of amides is 2. The van der Waals surface area contributed by atoms with E-state index in [0.717, 1.165) is 10.6 Å². The van der Waals surface area contributed by atoms with Gasteiger partial charge in [-0.25, -0.2) is 0 Å². The highest BCUT2D eigenvalue weighted by atomic mass is 32.2. The standard InChI is InChI=1S/C21H24N4O4S3/c1-29-16-8-6-13(7-9-16)19(28)23-20(30)14(12-26)10-18(27)24-25-21(31)22-15-4-3-5-17(11-15)32-2/h3-9,11-12,14,20,30H,10H2,1-2H3,(H,23,28)(H,24,27)(H2,22,25,31). The molecular weight excluding hydrogens is 468 g/mol. The number of hydrogen-bond acceptors (Lipinski definition) is 7. The van der Waals surface area contributed by atoms with Gasteiger partial charge in [0, 0.05) is 22.6 Å². The number of benzene rings is 2. The van der Waals surface area contributed by atoms with Gasteiger partial charge in [-0.2, -0.15) is 12.6 Å². The molecule has 4 N–H and O–H groups in total. The summed E-state index contributed by atoms with van der Waals surface area (Å²) in [4.78, 5) is 37.1. The minimum atomic E-state index is -0.854. The van der Waals surface area contributed by atoms with Crippen molar-refractivity contribution in [2.75, 3.05) is 18.7 Å². The van der Waals surface area contributed by atoms with Crippen molar-refractivity contribution in [3.05, 3.63) is 54.1 Å². The lowest BCUT2D eigenvalue weighted by atomic mass is 10.1. The fourth-order valence-corrected chi connectivity index (χ4v) is 3.48. The Morgan fingerprint density at radius 1 is 1.19 bits per heavy atom. The maximum absolute atomic E-state index is 12.3. The summed E-state index contributed by atoms with van der Waals surface area (Å²) in [6.07, 6.45) is 2.35. The predicted octanol–water partition coefficient (Wildman–Crippen LogP) is 2.63. The molecule has 0 saturated heterocycles. The van der Waals surface area contributed by atoms with E-state index >= 15 is 0 Å². The molecule has 32 heavy (non-hydrogen) atoms. The van der Waals surface area contributed by atoms with Crippen molar-refractivity contribution in [1.82, 2.24) is 16.2 Å². The minimum Gasteiger partial charge on any atom is -0.497 e. The minimum absolute atomic E-state index is 0.189. The molecule has 2 aromatic carbocycles. The Kier molecular flexibility index (Phi) is 10.3. The van der Waals surface area contributed by atoms with Crippen LogP contribution in [0.4, 0.5) is 5.69 Å². The molecule has 11 heteroatoms. The number of rotatable bonds is 9. The molecular formula is C21H24N4O4S3. The molecule has 0 heterocycles. The molecule has 0 aliphatic rings. The van der Waals surface area contributed by atoms with Crippen LogP contribution in [-0.2, 0) is 9.59 Å². The third-order valence-electron chi connectivity index (χ3n) is 4.28. The van der Waals surface area contributed by atoms with Crippen molar-refractivity contribution in [2.45, 2.75) is 16.7 Å². The van der Waals surface area contributed by atoms with Crippen molar-refractivity contribution in [2.24, 2.45) is 5.92 Å². The summed E-state index contributed by atoms with van der Waals surface area (Å²) in [6, 6.07) is 14.1. The zero-order chi connectivity index (χ0) is 23.5. The number of thioether (sulfide) groups is 1. The summed E-state index contributed by atoms with van der Waals surface area (Å²) >= 11 is 11.0. The number of thiol groups is 1. The van der Waals surface area contributed by atoms with Crippen LogP contribution in [0.3, 0.4) is 0 Å². The Morgan fingerprint density at radius 3 is 2.53 bits per heavy atom. The molecule has 0 aliphatic heterocycles. The molecule has 8 nitrogen and oxygen atoms in total. The molecule has 0 saturated carbocycles. The average molecular weight is 493 g/mol. The molecule has 2 aromatic rings. The number of hydrazine groups is 1. The smallest absolute Gasteiger partial charge is 0.252 e. The Bertz CT molecular complexity index is 956. The maximum atomic E-state index is 12.3. The Hall–Kier alpha value is -2.76. The highest BCUT2D eigenvalue weighted by molar-refractivity contribution is 7.98. The van der Waals surface area contributed by atoms with E-state index in [-0.39, 0.29) is 11.5 Å². The lowest BCUT2D eigenvalue weighted by molar-refractivity contribution is -0.125. The molecule has 2 amide bonds. The summed E-state index contributed by atoms with van der Waals surface area (Å²) in [5.41, 5.74) is 6.17. The van der Waals surface area contributed by atoms with E-state index in [0.29, 0.717) is 17.6 Å². The van der Waals surface area contributed by atoms with Crippen LogP contribution in [0.1, 0.15) is 16.8 Å². The van der Waals surface area contributed by atoms with Crippen LogP contribution in [0.15, 0.2) is 53.4 Å². The van der Waals surface area contributed by atoms with Gasteiger partial charge in [0.25, 0.3) is 5.91 Å². The number of nitrogens with one attached hydrogen (secondary N) is 4. The van der Waals surface area contributed by atoms with Gasteiger partial charge in [-0.05, 0) is 60.9 Å². The second-order valence-electron chi connectivity index (χ2n) is 6.51. The summed E-state index contributed by atoms with van der Waals surface area (Å²) in [6.45, 7) is 0. The molecule has 170 valence electrons. The fraction of sp³-hybridized carbons (Fsp3) is 0.238. The SMILES string of the molecule is COc1ccc(C(=O)NC(S)C(C=O)CC(=O)NNC(=S)Nc2cccc(SC)c2)cc1. The lowest BCUT2D eigenvalue weighted by Gasteiger charge is -2.19. The molecule has 0 radical (unpaired) electrons. The highest BCUT2D eigenvalue weighted by Crippen LogP contribution is 2.19. The Morgan fingerprint density at radius 2 is 1.91 bits per heavy atom. The van der Waals surface area contributed by atoms with Crippen molar-refractivity contribution in [1.29, 1.82) is 0 Å². The van der Waals surface area contributed by atoms with E-state index in [2.05, 4.69) is 34.1 Å². The van der Waals surface area contributed by atoms with Gasteiger partial charge in [0.1, 0.15) is 12.0 Å². The van der Waals surface area contributed by atoms with Crippen LogP contribution in [0.2, 0.25) is 0 Å². The van der Waals surface area contributed by atoms with Gasteiger partial charge in [0.2, 0.25) is 5.91 Å². The molecule has 2 rings (SSSR count). The largest absolute Gasteiger partial charge is 0.497 e. The predicted molar refractivity (Wildman–Crippen MR) is 133 cm³/mol. The number of carbonyl (C=O) groups excluding carboxylic acids is 3. The molecule has 0 bridgehead atoms. The first kappa shape index (κ1) is 25.5. The first-order valence-electron chi connectivity index (χ1n) is 9.44. The van der Waals surface area contributed by atoms with Crippen LogP contribution in [0.25, 0.3) is 0 Å². The second kappa shape index (κ2) is 12.9. The molecule has 0 aliphatic carbocycles. The summed E-state index contributed by atoms with van der Waals surface area (Å²) in [7, 11) is 1.53. The number of carbonyl (C=O) groups is 3. The van der Waals surface area contributed by atoms with Crippen LogP contribution < -0.4 is 26.2 Å². The van der Waals surface area contributed by atoms with E-state index in [4.69, 9.17) is 17.0 Å². The monoisotopic (exact) mass is 492 g/mol. The normalized spacial score (nSPS) is 12.1. The van der Waals surface area contributed by atoms with Crippen LogP contribution >= 0.6 is 36.6 Å². The van der Waals surface area contributed by atoms with Gasteiger partial charge in [-0.3, -0.25) is 20.4 Å². The number of ether oxygens (including phenoxy) is 1. The molecule has 0 spiro atoms. The van der Waals surface area contributed by atoms with Crippen molar-refractivity contribution >= 4 is 65.5 Å². The fourth-order valence-electron chi connectivity index (χ4n) is 2.56. The van der Waals surface area contributed by atoms with Crippen LogP contribution in [0, 0.1) is 5.92 Å². The zero-order valence-electron chi connectivity index (χ0n) is 17.5. The summed E-state index contributed by atoms with van der Waals surface area (Å²) in [5, 5.41) is 4.90. The third-order valence-corrected chi connectivity index (χ3v) is 5.72. The highest BCUT2D eigenvalue weighted by Gasteiger charge is 2.23. The quantitative estimate of drug-likeness (QED) is 0.0908. The first-order valence-corrected chi connectivity index (χ1v) is 11.6. The van der Waals surface area contributed by atoms with E-state index in [1.807, 2.05) is 30.5 Å². The Balaban J connectivity index is 1.82. The number of anilines is 1. The Labute approximate surface area is 201 Å². The molecule has 2 atom stereocenters. The van der Waals surface area contributed by atoms with Gasteiger partial charge in [0.05, 0.1) is 18.4 Å². The first-order chi connectivity index (χ1) is 15.4. The number of hydrogen-bond donors (Lipinski definition) is 5.